The molecule has 2 aliphatic heterocycles. The van der Waals surface area contributed by atoms with Crippen molar-refractivity contribution in [3.63, 3.8) is 0 Å². The normalized spacial score (nSPS) is 18.7. The standard InChI is InChI=1S/C17H20F3N9/c1-9-13(23-16-22-6-12(17(18,19)20)15(21-3)24-16)8-29(27-9)11-4-5-14-26-25-10(2)28(14)7-11/h4-6,8,10,25-26H,7H2,1-3H3,(H2,21,22,23,24). The summed E-state index contributed by atoms with van der Waals surface area (Å²) in [6.07, 6.45) is 2.04. The molecule has 4 N–H and O–H groups in total. The summed E-state index contributed by atoms with van der Waals surface area (Å²) in [6.45, 7) is 4.49. The molecule has 0 spiro atoms. The first-order chi connectivity index (χ1) is 13.8. The summed E-state index contributed by atoms with van der Waals surface area (Å²) in [4.78, 5) is 9.88. The molecule has 4 rings (SSSR count). The molecular weight excluding hydrogens is 387 g/mol. The van der Waals surface area contributed by atoms with Crippen LogP contribution in [0, 0.1) is 6.92 Å². The molecule has 9 nitrogen and oxygen atoms in total. The number of aromatic nitrogens is 4. The highest BCUT2D eigenvalue weighted by Gasteiger charge is 2.35. The van der Waals surface area contributed by atoms with Gasteiger partial charge < -0.3 is 21.0 Å². The van der Waals surface area contributed by atoms with Gasteiger partial charge in [0.2, 0.25) is 5.95 Å². The fourth-order valence-electron chi connectivity index (χ4n) is 3.14. The van der Waals surface area contributed by atoms with Crippen molar-refractivity contribution in [1.29, 1.82) is 0 Å². The lowest BCUT2D eigenvalue weighted by Crippen LogP contribution is -2.35. The van der Waals surface area contributed by atoms with Crippen LogP contribution in [0.25, 0.3) is 5.70 Å². The van der Waals surface area contributed by atoms with E-state index in [1.54, 1.807) is 17.8 Å². The summed E-state index contributed by atoms with van der Waals surface area (Å²) < 4.78 is 40.8. The number of nitrogens with one attached hydrogen (secondary N) is 4. The largest absolute Gasteiger partial charge is 0.421 e. The molecule has 4 heterocycles. The van der Waals surface area contributed by atoms with E-state index in [1.165, 1.54) is 7.05 Å². The molecule has 1 fully saturated rings. The van der Waals surface area contributed by atoms with Crippen LogP contribution in [0.3, 0.4) is 0 Å². The molecule has 12 heteroatoms. The molecule has 0 radical (unpaired) electrons. The van der Waals surface area contributed by atoms with Gasteiger partial charge in [-0.15, -0.1) is 0 Å². The third kappa shape index (κ3) is 3.58. The van der Waals surface area contributed by atoms with Crippen LogP contribution in [0.15, 0.2) is 30.4 Å². The quantitative estimate of drug-likeness (QED) is 0.613. The van der Waals surface area contributed by atoms with Crippen molar-refractivity contribution >= 4 is 23.2 Å². The van der Waals surface area contributed by atoms with Crippen LogP contribution in [0.1, 0.15) is 18.2 Å². The first kappa shape index (κ1) is 19.1. The average Bonchev–Trinajstić information content (AvgIpc) is 3.23. The fraction of sp³-hybridized carbons (Fsp3) is 0.353. The number of halogens is 3. The van der Waals surface area contributed by atoms with Gasteiger partial charge in [-0.1, -0.05) is 0 Å². The van der Waals surface area contributed by atoms with E-state index < -0.39 is 11.7 Å². The van der Waals surface area contributed by atoms with E-state index in [0.29, 0.717) is 17.9 Å². The monoisotopic (exact) mass is 407 g/mol. The van der Waals surface area contributed by atoms with Crippen molar-refractivity contribution in [2.75, 3.05) is 24.2 Å². The summed E-state index contributed by atoms with van der Waals surface area (Å²) in [5.74, 6) is 0.739. The number of alkyl halides is 3. The molecule has 154 valence electrons. The number of allylic oxidation sites excluding steroid dienone is 2. The van der Waals surface area contributed by atoms with Crippen LogP contribution in [0.5, 0.6) is 0 Å². The molecular formula is C17H20F3N9. The molecule has 2 aliphatic rings. The summed E-state index contributed by atoms with van der Waals surface area (Å²) in [5.41, 5.74) is 7.54. The zero-order chi connectivity index (χ0) is 20.8. The highest BCUT2D eigenvalue weighted by atomic mass is 19.4. The van der Waals surface area contributed by atoms with Crippen LogP contribution in [0.4, 0.5) is 30.6 Å². The van der Waals surface area contributed by atoms with E-state index in [9.17, 15) is 13.2 Å². The molecule has 0 aliphatic carbocycles. The fourth-order valence-corrected chi connectivity index (χ4v) is 3.14. The predicted molar refractivity (Wildman–Crippen MR) is 102 cm³/mol. The molecule has 2 aromatic heterocycles. The van der Waals surface area contributed by atoms with E-state index in [4.69, 9.17) is 0 Å². The molecule has 2 aromatic rings. The number of hydrogen-bond donors (Lipinski definition) is 4. The van der Waals surface area contributed by atoms with Gasteiger partial charge >= 0.3 is 6.18 Å². The molecule has 0 aromatic carbocycles. The second-order valence-corrected chi connectivity index (χ2v) is 6.68. The van der Waals surface area contributed by atoms with Gasteiger partial charge in [-0.25, -0.2) is 15.1 Å². The Morgan fingerprint density at radius 3 is 2.79 bits per heavy atom. The molecule has 1 saturated heterocycles. The maximum atomic E-state index is 13.0. The molecule has 1 atom stereocenters. The Morgan fingerprint density at radius 2 is 2.07 bits per heavy atom. The molecule has 1 unspecified atom stereocenters. The number of hydrazine groups is 1. The maximum absolute atomic E-state index is 13.0. The van der Waals surface area contributed by atoms with Crippen LogP contribution < -0.4 is 21.5 Å². The number of fused-ring (bicyclic) bond motifs is 1. The van der Waals surface area contributed by atoms with Gasteiger partial charge in [0.05, 0.1) is 36.0 Å². The van der Waals surface area contributed by atoms with Gasteiger partial charge in [-0.3, -0.25) is 0 Å². The van der Waals surface area contributed by atoms with Gasteiger partial charge in [0.25, 0.3) is 0 Å². The smallest absolute Gasteiger partial charge is 0.372 e. The molecule has 29 heavy (non-hydrogen) atoms. The summed E-state index contributed by atoms with van der Waals surface area (Å²) in [5, 5.41) is 9.91. The minimum absolute atomic E-state index is 0.0476. The zero-order valence-corrected chi connectivity index (χ0v) is 16.0. The van der Waals surface area contributed by atoms with Crippen molar-refractivity contribution in [2.24, 2.45) is 0 Å². The number of anilines is 3. The molecule has 0 bridgehead atoms. The highest BCUT2D eigenvalue weighted by molar-refractivity contribution is 5.61. The lowest BCUT2D eigenvalue weighted by molar-refractivity contribution is -0.137. The third-order valence-corrected chi connectivity index (χ3v) is 4.72. The Balaban J connectivity index is 1.57. The second kappa shape index (κ2) is 6.95. The Hall–Kier alpha value is -3.28. The van der Waals surface area contributed by atoms with E-state index >= 15 is 0 Å². The van der Waals surface area contributed by atoms with Gasteiger partial charge in [-0.05, 0) is 26.0 Å². The minimum Gasteiger partial charge on any atom is -0.372 e. The van der Waals surface area contributed by atoms with Crippen molar-refractivity contribution < 1.29 is 13.2 Å². The third-order valence-electron chi connectivity index (χ3n) is 4.72. The van der Waals surface area contributed by atoms with Crippen molar-refractivity contribution in [3.05, 3.63) is 41.6 Å². The molecule has 0 amide bonds. The van der Waals surface area contributed by atoms with E-state index in [2.05, 4.69) is 41.5 Å². The first-order valence-corrected chi connectivity index (χ1v) is 8.91. The van der Waals surface area contributed by atoms with Gasteiger partial charge in [0, 0.05) is 13.2 Å². The van der Waals surface area contributed by atoms with E-state index in [1.807, 2.05) is 19.1 Å². The van der Waals surface area contributed by atoms with Gasteiger partial charge in [-0.2, -0.15) is 23.3 Å². The van der Waals surface area contributed by atoms with Gasteiger partial charge in [0.1, 0.15) is 17.2 Å². The summed E-state index contributed by atoms with van der Waals surface area (Å²) in [6, 6.07) is 0. The Labute approximate surface area is 164 Å². The Kier molecular flexibility index (Phi) is 4.57. The molecule has 0 saturated carbocycles. The number of rotatable bonds is 4. The lowest BCUT2D eigenvalue weighted by atomic mass is 10.2. The number of nitrogens with zero attached hydrogens (tertiary/aromatic N) is 5. The van der Waals surface area contributed by atoms with E-state index in [-0.39, 0.29) is 17.9 Å². The van der Waals surface area contributed by atoms with Crippen LogP contribution in [-0.4, -0.2) is 44.4 Å². The van der Waals surface area contributed by atoms with Crippen LogP contribution >= 0.6 is 0 Å². The van der Waals surface area contributed by atoms with Crippen molar-refractivity contribution in [1.82, 2.24) is 35.5 Å². The maximum Gasteiger partial charge on any atom is 0.421 e. The second-order valence-electron chi connectivity index (χ2n) is 6.68. The van der Waals surface area contributed by atoms with Crippen LogP contribution in [-0.2, 0) is 6.18 Å². The topological polar surface area (TPSA) is 95.0 Å². The Bertz CT molecular complexity index is 993. The van der Waals surface area contributed by atoms with Crippen molar-refractivity contribution in [2.45, 2.75) is 26.2 Å². The number of hydrogen-bond acceptors (Lipinski definition) is 8. The SMILES string of the molecule is CNc1nc(Nc2cn(C3=CC=C4NNC(C)N4C3)nc2C)ncc1C(F)(F)F. The first-order valence-electron chi connectivity index (χ1n) is 8.91. The Morgan fingerprint density at radius 1 is 1.28 bits per heavy atom. The van der Waals surface area contributed by atoms with Crippen molar-refractivity contribution in [3.8, 4) is 0 Å². The predicted octanol–water partition coefficient (Wildman–Crippen LogP) is 2.24. The van der Waals surface area contributed by atoms with Crippen LogP contribution in [0.2, 0.25) is 0 Å². The zero-order valence-electron chi connectivity index (χ0n) is 16.0. The van der Waals surface area contributed by atoms with E-state index in [0.717, 1.165) is 17.7 Å². The minimum atomic E-state index is -4.53. The van der Waals surface area contributed by atoms with Gasteiger partial charge in [0.15, 0.2) is 0 Å². The average molecular weight is 407 g/mol. The number of aryl methyl sites for hydroxylation is 1. The highest BCUT2D eigenvalue weighted by Crippen LogP contribution is 2.34. The lowest BCUT2D eigenvalue weighted by Gasteiger charge is -2.26. The summed E-state index contributed by atoms with van der Waals surface area (Å²) in [7, 11) is 1.38. The summed E-state index contributed by atoms with van der Waals surface area (Å²) >= 11 is 0.